The fourth-order valence-corrected chi connectivity index (χ4v) is 4.15. The van der Waals surface area contributed by atoms with Crippen molar-refractivity contribution in [1.29, 1.82) is 0 Å². The Morgan fingerprint density at radius 3 is 1.69 bits per heavy atom. The standard InChI is InChI=1S/C12H28O3Si/c1-6-9-12(10-7-2)15-16(13-4,14-5)11-8-3/h12H,6-11H2,1-5H3. The maximum Gasteiger partial charge on any atom is 0.500 e. The van der Waals surface area contributed by atoms with Crippen molar-refractivity contribution in [2.75, 3.05) is 14.2 Å². The van der Waals surface area contributed by atoms with Gasteiger partial charge >= 0.3 is 8.80 Å². The summed E-state index contributed by atoms with van der Waals surface area (Å²) in [6.07, 6.45) is 5.83. The fraction of sp³-hybridized carbons (Fsp3) is 1.00. The summed E-state index contributed by atoms with van der Waals surface area (Å²) >= 11 is 0. The van der Waals surface area contributed by atoms with Crippen molar-refractivity contribution >= 4 is 8.80 Å². The van der Waals surface area contributed by atoms with Gasteiger partial charge in [0, 0.05) is 26.4 Å². The van der Waals surface area contributed by atoms with Gasteiger partial charge in [-0.15, -0.1) is 0 Å². The van der Waals surface area contributed by atoms with Gasteiger partial charge in [-0.25, -0.2) is 0 Å². The summed E-state index contributed by atoms with van der Waals surface area (Å²) in [7, 11) is 1.04. The molecule has 0 saturated heterocycles. The molecule has 0 aromatic rings. The van der Waals surface area contributed by atoms with Gasteiger partial charge in [0.1, 0.15) is 0 Å². The Morgan fingerprint density at radius 2 is 1.38 bits per heavy atom. The highest BCUT2D eigenvalue weighted by Gasteiger charge is 2.40. The molecule has 0 unspecified atom stereocenters. The molecule has 0 bridgehead atoms. The number of hydrogen-bond donors (Lipinski definition) is 0. The monoisotopic (exact) mass is 248 g/mol. The summed E-state index contributed by atoms with van der Waals surface area (Å²) in [4.78, 5) is 0. The molecule has 0 aromatic heterocycles. The van der Waals surface area contributed by atoms with Gasteiger partial charge in [0.25, 0.3) is 0 Å². The van der Waals surface area contributed by atoms with Crippen LogP contribution in [0.5, 0.6) is 0 Å². The Bertz CT molecular complexity index is 154. The van der Waals surface area contributed by atoms with E-state index in [1.165, 1.54) is 0 Å². The van der Waals surface area contributed by atoms with Gasteiger partial charge < -0.3 is 13.3 Å². The van der Waals surface area contributed by atoms with E-state index in [1.54, 1.807) is 14.2 Å². The van der Waals surface area contributed by atoms with Gasteiger partial charge in [-0.3, -0.25) is 0 Å². The van der Waals surface area contributed by atoms with E-state index in [0.717, 1.165) is 38.1 Å². The van der Waals surface area contributed by atoms with Gasteiger partial charge in [0.2, 0.25) is 0 Å². The molecule has 0 fully saturated rings. The van der Waals surface area contributed by atoms with Crippen molar-refractivity contribution in [3.05, 3.63) is 0 Å². The normalized spacial score (nSPS) is 12.4. The van der Waals surface area contributed by atoms with Gasteiger partial charge in [0.15, 0.2) is 0 Å². The quantitative estimate of drug-likeness (QED) is 0.553. The predicted octanol–water partition coefficient (Wildman–Crippen LogP) is 3.61. The molecule has 0 saturated carbocycles. The second kappa shape index (κ2) is 9.16. The van der Waals surface area contributed by atoms with E-state index in [0.29, 0.717) is 6.10 Å². The lowest BCUT2D eigenvalue weighted by Gasteiger charge is -2.30. The maximum absolute atomic E-state index is 6.15. The van der Waals surface area contributed by atoms with E-state index in [9.17, 15) is 0 Å². The van der Waals surface area contributed by atoms with Crippen molar-refractivity contribution in [3.63, 3.8) is 0 Å². The van der Waals surface area contributed by atoms with Crippen molar-refractivity contribution in [1.82, 2.24) is 0 Å². The van der Waals surface area contributed by atoms with Crippen LogP contribution in [-0.4, -0.2) is 29.1 Å². The zero-order chi connectivity index (χ0) is 12.4. The second-order valence-corrected chi connectivity index (χ2v) is 7.08. The minimum atomic E-state index is -2.38. The van der Waals surface area contributed by atoms with Crippen molar-refractivity contribution in [2.45, 2.75) is 65.0 Å². The average molecular weight is 248 g/mol. The Hall–Kier alpha value is 0.0969. The van der Waals surface area contributed by atoms with Crippen LogP contribution in [0.3, 0.4) is 0 Å². The molecule has 0 spiro atoms. The highest BCUT2D eigenvalue weighted by Crippen LogP contribution is 2.22. The van der Waals surface area contributed by atoms with Gasteiger partial charge in [-0.2, -0.15) is 0 Å². The molecule has 16 heavy (non-hydrogen) atoms. The summed E-state index contributed by atoms with van der Waals surface area (Å²) in [5.41, 5.74) is 0. The molecular weight excluding hydrogens is 220 g/mol. The van der Waals surface area contributed by atoms with Crippen LogP contribution >= 0.6 is 0 Å². The van der Waals surface area contributed by atoms with Gasteiger partial charge in [0.05, 0.1) is 0 Å². The summed E-state index contributed by atoms with van der Waals surface area (Å²) in [6, 6.07) is 0.907. The minimum absolute atomic E-state index is 0.299. The van der Waals surface area contributed by atoms with Crippen LogP contribution in [0.2, 0.25) is 6.04 Å². The Labute approximate surface area is 102 Å². The van der Waals surface area contributed by atoms with Gasteiger partial charge in [-0.05, 0) is 12.8 Å². The molecule has 0 aliphatic rings. The van der Waals surface area contributed by atoms with Gasteiger partial charge in [-0.1, -0.05) is 40.0 Å². The lowest BCUT2D eigenvalue weighted by molar-refractivity contribution is 0.0464. The third-order valence-corrected chi connectivity index (χ3v) is 5.79. The molecule has 0 rings (SSSR count). The third kappa shape index (κ3) is 5.43. The minimum Gasteiger partial charge on any atom is -0.377 e. The molecule has 4 heteroatoms. The molecule has 0 heterocycles. The fourth-order valence-electron chi connectivity index (χ4n) is 1.91. The Morgan fingerprint density at radius 1 is 0.875 bits per heavy atom. The molecule has 0 aliphatic heterocycles. The van der Waals surface area contributed by atoms with Crippen LogP contribution in [0.1, 0.15) is 52.9 Å². The van der Waals surface area contributed by atoms with Crippen LogP contribution in [0.15, 0.2) is 0 Å². The number of rotatable bonds is 10. The molecule has 0 aliphatic carbocycles. The first kappa shape index (κ1) is 16.1. The zero-order valence-corrected chi connectivity index (χ0v) is 12.5. The predicted molar refractivity (Wildman–Crippen MR) is 69.6 cm³/mol. The van der Waals surface area contributed by atoms with E-state index >= 15 is 0 Å². The SMILES string of the molecule is CCCC(CCC)O[Si](CCC)(OC)OC. The largest absolute Gasteiger partial charge is 0.500 e. The van der Waals surface area contributed by atoms with Crippen molar-refractivity contribution in [2.24, 2.45) is 0 Å². The third-order valence-electron chi connectivity index (χ3n) is 2.75. The topological polar surface area (TPSA) is 27.7 Å². The van der Waals surface area contributed by atoms with E-state index in [-0.39, 0.29) is 0 Å². The first-order valence-electron chi connectivity index (χ1n) is 6.46. The lowest BCUT2D eigenvalue weighted by Crippen LogP contribution is -2.46. The van der Waals surface area contributed by atoms with E-state index in [2.05, 4.69) is 20.8 Å². The average Bonchev–Trinajstić information content (AvgIpc) is 2.29. The second-order valence-electron chi connectivity index (χ2n) is 4.16. The maximum atomic E-state index is 6.15. The smallest absolute Gasteiger partial charge is 0.377 e. The summed E-state index contributed by atoms with van der Waals surface area (Å²) in [5, 5.41) is 0. The highest BCUT2D eigenvalue weighted by molar-refractivity contribution is 6.60. The van der Waals surface area contributed by atoms with Crippen LogP contribution in [-0.2, 0) is 13.3 Å². The van der Waals surface area contributed by atoms with E-state index < -0.39 is 8.80 Å². The lowest BCUT2D eigenvalue weighted by atomic mass is 10.1. The molecule has 98 valence electrons. The Balaban J connectivity index is 4.41. The zero-order valence-electron chi connectivity index (χ0n) is 11.5. The molecule has 3 nitrogen and oxygen atoms in total. The summed E-state index contributed by atoms with van der Waals surface area (Å²) in [5.74, 6) is 0. The van der Waals surface area contributed by atoms with Crippen LogP contribution < -0.4 is 0 Å². The molecule has 0 aromatic carbocycles. The number of hydrogen-bond acceptors (Lipinski definition) is 3. The highest BCUT2D eigenvalue weighted by atomic mass is 28.4. The first-order chi connectivity index (χ1) is 7.67. The summed E-state index contributed by atoms with van der Waals surface area (Å²) < 4.78 is 17.2. The molecular formula is C12H28O3Si. The van der Waals surface area contributed by atoms with E-state index in [4.69, 9.17) is 13.3 Å². The molecule has 0 N–H and O–H groups in total. The first-order valence-corrected chi connectivity index (χ1v) is 8.39. The summed E-state index contributed by atoms with van der Waals surface area (Å²) in [6.45, 7) is 6.52. The molecule has 0 atom stereocenters. The van der Waals surface area contributed by atoms with Crippen LogP contribution in [0.4, 0.5) is 0 Å². The van der Waals surface area contributed by atoms with Crippen LogP contribution in [0, 0.1) is 0 Å². The van der Waals surface area contributed by atoms with Crippen molar-refractivity contribution < 1.29 is 13.3 Å². The van der Waals surface area contributed by atoms with Crippen molar-refractivity contribution in [3.8, 4) is 0 Å². The molecule has 0 amide bonds. The Kier molecular flexibility index (Phi) is 9.22. The molecule has 0 radical (unpaired) electrons. The van der Waals surface area contributed by atoms with E-state index in [1.807, 2.05) is 0 Å². The van der Waals surface area contributed by atoms with Crippen LogP contribution in [0.25, 0.3) is 0 Å².